The van der Waals surface area contributed by atoms with Gasteiger partial charge in [-0.2, -0.15) is 5.10 Å². The van der Waals surface area contributed by atoms with Crippen molar-refractivity contribution in [2.75, 3.05) is 0 Å². The van der Waals surface area contributed by atoms with E-state index in [9.17, 15) is 4.79 Å². The molecule has 4 nitrogen and oxygen atoms in total. The Kier molecular flexibility index (Phi) is 3.81. The van der Waals surface area contributed by atoms with Gasteiger partial charge < -0.3 is 0 Å². The van der Waals surface area contributed by atoms with Crippen molar-refractivity contribution in [3.63, 3.8) is 0 Å². The number of hydrogen-bond acceptors (Lipinski definition) is 3. The summed E-state index contributed by atoms with van der Waals surface area (Å²) in [4.78, 5) is 15.3. The molecule has 1 atom stereocenters. The first-order valence-corrected chi connectivity index (χ1v) is 6.24. The van der Waals surface area contributed by atoms with Crippen LogP contribution in [0.2, 0.25) is 10.0 Å². The third kappa shape index (κ3) is 2.68. The van der Waals surface area contributed by atoms with Crippen molar-refractivity contribution in [1.82, 2.24) is 14.8 Å². The van der Waals surface area contributed by atoms with Crippen LogP contribution in [0.15, 0.2) is 30.9 Å². The molecule has 0 N–H and O–H groups in total. The Hall–Kier alpha value is -0.910. The summed E-state index contributed by atoms with van der Waals surface area (Å²) in [5, 5.41) is 4.68. The minimum atomic E-state index is -0.652. The predicted octanol–water partition coefficient (Wildman–Crippen LogP) is 3.36. The average molecular weight is 335 g/mol. The molecule has 1 unspecified atom stereocenters. The largest absolute Gasteiger partial charge is 0.291 e. The Morgan fingerprint density at radius 3 is 2.82 bits per heavy atom. The molecule has 0 aliphatic rings. The number of halogens is 3. The van der Waals surface area contributed by atoms with E-state index in [0.29, 0.717) is 15.6 Å². The van der Waals surface area contributed by atoms with Gasteiger partial charge in [-0.25, -0.2) is 9.67 Å². The maximum atomic E-state index is 12.1. The Labute approximate surface area is 116 Å². The molecule has 0 spiro atoms. The summed E-state index contributed by atoms with van der Waals surface area (Å²) in [5.74, 6) is -0.233. The number of ketones is 1. The molecule has 0 amide bonds. The molecule has 17 heavy (non-hydrogen) atoms. The topological polar surface area (TPSA) is 47.8 Å². The highest BCUT2D eigenvalue weighted by Crippen LogP contribution is 2.27. The van der Waals surface area contributed by atoms with Gasteiger partial charge in [-0.1, -0.05) is 39.1 Å². The molecular weight excluding hydrogens is 329 g/mol. The molecule has 2 aromatic rings. The van der Waals surface area contributed by atoms with Gasteiger partial charge in [0, 0.05) is 10.6 Å². The summed E-state index contributed by atoms with van der Waals surface area (Å²) in [6.45, 7) is 0. The van der Waals surface area contributed by atoms with Gasteiger partial charge in [0.05, 0.1) is 5.02 Å². The number of aromatic nitrogens is 3. The van der Waals surface area contributed by atoms with Gasteiger partial charge >= 0.3 is 0 Å². The van der Waals surface area contributed by atoms with Crippen LogP contribution in [0.3, 0.4) is 0 Å². The number of Topliss-reactive ketones (excluding diaryl/α,β-unsaturated/α-hetero) is 1. The molecule has 88 valence electrons. The van der Waals surface area contributed by atoms with Gasteiger partial charge in [0.15, 0.2) is 10.7 Å². The molecule has 0 saturated heterocycles. The number of hydrogen-bond donors (Lipinski definition) is 0. The lowest BCUT2D eigenvalue weighted by Crippen LogP contribution is -2.15. The Morgan fingerprint density at radius 1 is 1.41 bits per heavy atom. The number of alkyl halides is 1. The number of carbonyl (C=O) groups excluding carboxylic acids is 1. The van der Waals surface area contributed by atoms with Crippen LogP contribution in [0.4, 0.5) is 0 Å². The zero-order chi connectivity index (χ0) is 12.4. The van der Waals surface area contributed by atoms with E-state index in [4.69, 9.17) is 23.2 Å². The summed E-state index contributed by atoms with van der Waals surface area (Å²) < 4.78 is 1.39. The van der Waals surface area contributed by atoms with Crippen LogP contribution < -0.4 is 0 Å². The quantitative estimate of drug-likeness (QED) is 0.638. The monoisotopic (exact) mass is 333 g/mol. The highest BCUT2D eigenvalue weighted by atomic mass is 79.9. The molecular formula is C10H6BrCl2N3O. The number of carbonyl (C=O) groups is 1. The van der Waals surface area contributed by atoms with Crippen LogP contribution in [-0.2, 0) is 0 Å². The Balaban J connectivity index is 2.34. The lowest BCUT2D eigenvalue weighted by Gasteiger charge is -2.10. The Bertz CT molecular complexity index is 544. The van der Waals surface area contributed by atoms with Crippen molar-refractivity contribution in [3.05, 3.63) is 46.5 Å². The van der Waals surface area contributed by atoms with E-state index >= 15 is 0 Å². The average Bonchev–Trinajstić information content (AvgIpc) is 2.84. The minimum absolute atomic E-state index is 0.233. The van der Waals surface area contributed by atoms with E-state index < -0.39 is 4.95 Å². The van der Waals surface area contributed by atoms with Crippen molar-refractivity contribution < 1.29 is 4.79 Å². The second-order valence-corrected chi connectivity index (χ2v) is 4.91. The van der Waals surface area contributed by atoms with E-state index in [1.54, 1.807) is 12.1 Å². The molecule has 0 aliphatic carbocycles. The summed E-state index contributed by atoms with van der Waals surface area (Å²) in [5.41, 5.74) is 0.344. The maximum Gasteiger partial charge on any atom is 0.199 e. The minimum Gasteiger partial charge on any atom is -0.291 e. The van der Waals surface area contributed by atoms with Crippen LogP contribution in [0.25, 0.3) is 0 Å². The third-order valence-corrected chi connectivity index (χ3v) is 3.48. The van der Waals surface area contributed by atoms with Gasteiger partial charge in [0.25, 0.3) is 0 Å². The standard InChI is InChI=1S/C10H6BrCl2N3O/c11-10(16-5-14-4-15-16)9(17)7-3-6(12)1-2-8(7)13/h1-5,10H. The van der Waals surface area contributed by atoms with Crippen LogP contribution in [0.5, 0.6) is 0 Å². The van der Waals surface area contributed by atoms with Gasteiger partial charge in [0.1, 0.15) is 12.7 Å². The van der Waals surface area contributed by atoms with Gasteiger partial charge in [-0.05, 0) is 18.2 Å². The first kappa shape index (κ1) is 12.5. The summed E-state index contributed by atoms with van der Waals surface area (Å²) >= 11 is 15.0. The Morgan fingerprint density at radius 2 is 2.18 bits per heavy atom. The molecule has 1 aromatic heterocycles. The number of rotatable bonds is 3. The van der Waals surface area contributed by atoms with Crippen molar-refractivity contribution in [2.45, 2.75) is 4.95 Å². The molecule has 7 heteroatoms. The summed E-state index contributed by atoms with van der Waals surface area (Å²) in [6.07, 6.45) is 2.79. The second kappa shape index (κ2) is 5.16. The van der Waals surface area contributed by atoms with E-state index in [1.165, 1.54) is 23.4 Å². The fraction of sp³-hybridized carbons (Fsp3) is 0.100. The van der Waals surface area contributed by atoms with Crippen molar-refractivity contribution >= 4 is 44.9 Å². The smallest absolute Gasteiger partial charge is 0.199 e. The third-order valence-electron chi connectivity index (χ3n) is 2.08. The highest BCUT2D eigenvalue weighted by Gasteiger charge is 2.21. The van der Waals surface area contributed by atoms with Gasteiger partial charge in [0.2, 0.25) is 0 Å². The fourth-order valence-electron chi connectivity index (χ4n) is 1.27. The number of nitrogens with zero attached hydrogens (tertiary/aromatic N) is 3. The van der Waals surface area contributed by atoms with Crippen LogP contribution >= 0.6 is 39.1 Å². The highest BCUT2D eigenvalue weighted by molar-refractivity contribution is 9.09. The maximum absolute atomic E-state index is 12.1. The van der Waals surface area contributed by atoms with E-state index in [-0.39, 0.29) is 5.78 Å². The fourth-order valence-corrected chi connectivity index (χ4v) is 2.11. The van der Waals surface area contributed by atoms with E-state index in [0.717, 1.165) is 0 Å². The SMILES string of the molecule is O=C(c1cc(Cl)ccc1Cl)C(Br)n1cncn1. The summed E-state index contributed by atoms with van der Waals surface area (Å²) in [6, 6.07) is 4.73. The number of benzene rings is 1. The molecule has 0 saturated carbocycles. The van der Waals surface area contributed by atoms with Gasteiger partial charge in [-0.3, -0.25) is 4.79 Å². The van der Waals surface area contributed by atoms with Crippen LogP contribution in [0.1, 0.15) is 15.3 Å². The summed E-state index contributed by atoms with van der Waals surface area (Å²) in [7, 11) is 0. The molecule has 0 radical (unpaired) electrons. The molecule has 0 aliphatic heterocycles. The molecule has 2 rings (SSSR count). The van der Waals surface area contributed by atoms with Crippen LogP contribution in [0, 0.1) is 0 Å². The molecule has 1 aromatic carbocycles. The van der Waals surface area contributed by atoms with Crippen molar-refractivity contribution in [2.24, 2.45) is 0 Å². The van der Waals surface area contributed by atoms with E-state index in [2.05, 4.69) is 26.0 Å². The van der Waals surface area contributed by atoms with Crippen LogP contribution in [-0.4, -0.2) is 20.5 Å². The molecule has 1 heterocycles. The van der Waals surface area contributed by atoms with Crippen molar-refractivity contribution in [3.8, 4) is 0 Å². The molecule has 0 fully saturated rings. The zero-order valence-corrected chi connectivity index (χ0v) is 11.4. The van der Waals surface area contributed by atoms with E-state index in [1.807, 2.05) is 0 Å². The zero-order valence-electron chi connectivity index (χ0n) is 8.35. The lowest BCUT2D eigenvalue weighted by molar-refractivity contribution is 0.0965. The molecule has 0 bridgehead atoms. The first-order chi connectivity index (χ1) is 8.09. The normalized spacial score (nSPS) is 12.4. The van der Waals surface area contributed by atoms with Crippen molar-refractivity contribution in [1.29, 1.82) is 0 Å². The second-order valence-electron chi connectivity index (χ2n) is 3.20. The predicted molar refractivity (Wildman–Crippen MR) is 68.8 cm³/mol. The first-order valence-electron chi connectivity index (χ1n) is 4.57. The lowest BCUT2D eigenvalue weighted by atomic mass is 10.1. The van der Waals surface area contributed by atoms with Gasteiger partial charge in [-0.15, -0.1) is 0 Å².